The predicted octanol–water partition coefficient (Wildman–Crippen LogP) is 2.14. The average molecular weight is 247 g/mol. The summed E-state index contributed by atoms with van der Waals surface area (Å²) in [6.07, 6.45) is 0.481. The highest BCUT2D eigenvalue weighted by atomic mass is 16.4. The molecule has 96 valence electrons. The van der Waals surface area contributed by atoms with Crippen LogP contribution in [0, 0.1) is 5.92 Å². The summed E-state index contributed by atoms with van der Waals surface area (Å²) in [6, 6.07) is 6.57. The van der Waals surface area contributed by atoms with Crippen molar-refractivity contribution in [3.63, 3.8) is 0 Å². The Hall–Kier alpha value is -1.84. The van der Waals surface area contributed by atoms with Crippen molar-refractivity contribution in [3.05, 3.63) is 35.4 Å². The van der Waals surface area contributed by atoms with E-state index >= 15 is 0 Å². The topological polar surface area (TPSA) is 57.6 Å². The second kappa shape index (κ2) is 4.80. The molecule has 2 rings (SSSR count). The van der Waals surface area contributed by atoms with Crippen LogP contribution in [0.1, 0.15) is 36.2 Å². The molecule has 0 bridgehead atoms. The van der Waals surface area contributed by atoms with Gasteiger partial charge in [0.1, 0.15) is 6.04 Å². The third-order valence-corrected chi connectivity index (χ3v) is 3.21. The molecule has 1 amide bonds. The average Bonchev–Trinajstić information content (AvgIpc) is 2.64. The number of aliphatic carboxylic acids is 1. The highest BCUT2D eigenvalue weighted by Crippen LogP contribution is 2.26. The molecule has 0 saturated heterocycles. The molecule has 1 aliphatic heterocycles. The van der Waals surface area contributed by atoms with Crippen LogP contribution in [0.2, 0.25) is 0 Å². The van der Waals surface area contributed by atoms with Crippen molar-refractivity contribution in [3.8, 4) is 0 Å². The first-order valence-corrected chi connectivity index (χ1v) is 6.12. The number of amides is 1. The van der Waals surface area contributed by atoms with Gasteiger partial charge in [0.25, 0.3) is 5.91 Å². The number of benzene rings is 1. The Bertz CT molecular complexity index is 482. The van der Waals surface area contributed by atoms with Crippen LogP contribution < -0.4 is 0 Å². The minimum atomic E-state index is -0.926. The van der Waals surface area contributed by atoms with E-state index in [1.807, 2.05) is 26.0 Å². The predicted molar refractivity (Wildman–Crippen MR) is 67.2 cm³/mol. The molecule has 0 saturated carbocycles. The second-order valence-corrected chi connectivity index (χ2v) is 5.07. The van der Waals surface area contributed by atoms with Crippen molar-refractivity contribution in [1.29, 1.82) is 0 Å². The normalized spacial score (nSPS) is 15.9. The van der Waals surface area contributed by atoms with Crippen molar-refractivity contribution >= 4 is 11.9 Å². The molecule has 1 atom stereocenters. The quantitative estimate of drug-likeness (QED) is 0.886. The van der Waals surface area contributed by atoms with Gasteiger partial charge in [-0.25, -0.2) is 4.79 Å². The molecule has 4 nitrogen and oxygen atoms in total. The number of carboxylic acid groups (broad SMARTS) is 1. The monoisotopic (exact) mass is 247 g/mol. The largest absolute Gasteiger partial charge is 0.480 e. The van der Waals surface area contributed by atoms with E-state index < -0.39 is 12.0 Å². The highest BCUT2D eigenvalue weighted by molar-refractivity contribution is 6.00. The number of hydrogen-bond acceptors (Lipinski definition) is 2. The van der Waals surface area contributed by atoms with Gasteiger partial charge in [0.2, 0.25) is 0 Å². The van der Waals surface area contributed by atoms with Crippen LogP contribution in [-0.2, 0) is 11.3 Å². The lowest BCUT2D eigenvalue weighted by Gasteiger charge is -2.25. The summed E-state index contributed by atoms with van der Waals surface area (Å²) < 4.78 is 0. The van der Waals surface area contributed by atoms with Gasteiger partial charge in [0.15, 0.2) is 0 Å². The molecular weight excluding hydrogens is 230 g/mol. The molecule has 1 aromatic rings. The first kappa shape index (κ1) is 12.6. The molecule has 1 N–H and O–H groups in total. The minimum absolute atomic E-state index is 0.168. The summed E-state index contributed by atoms with van der Waals surface area (Å²) in [5.41, 5.74) is 1.55. The summed E-state index contributed by atoms with van der Waals surface area (Å²) in [7, 11) is 0. The van der Waals surface area contributed by atoms with Gasteiger partial charge in [-0.15, -0.1) is 0 Å². The Morgan fingerprint density at radius 3 is 2.61 bits per heavy atom. The second-order valence-electron chi connectivity index (χ2n) is 5.07. The van der Waals surface area contributed by atoms with Crippen LogP contribution in [0.15, 0.2) is 24.3 Å². The van der Waals surface area contributed by atoms with Crippen molar-refractivity contribution in [2.75, 3.05) is 0 Å². The first-order valence-electron chi connectivity index (χ1n) is 6.12. The molecule has 1 aromatic carbocycles. The van der Waals surface area contributed by atoms with E-state index in [0.717, 1.165) is 5.56 Å². The molecule has 18 heavy (non-hydrogen) atoms. The van der Waals surface area contributed by atoms with E-state index in [2.05, 4.69) is 0 Å². The highest BCUT2D eigenvalue weighted by Gasteiger charge is 2.36. The van der Waals surface area contributed by atoms with E-state index in [4.69, 9.17) is 0 Å². The zero-order valence-corrected chi connectivity index (χ0v) is 10.6. The van der Waals surface area contributed by atoms with Crippen LogP contribution in [0.5, 0.6) is 0 Å². The smallest absolute Gasteiger partial charge is 0.326 e. The van der Waals surface area contributed by atoms with Gasteiger partial charge in [-0.05, 0) is 24.0 Å². The van der Waals surface area contributed by atoms with Crippen LogP contribution in [-0.4, -0.2) is 27.9 Å². The molecule has 0 fully saturated rings. The number of carbonyl (C=O) groups is 2. The number of fused-ring (bicyclic) bond motifs is 1. The van der Waals surface area contributed by atoms with Gasteiger partial charge in [-0.3, -0.25) is 4.79 Å². The van der Waals surface area contributed by atoms with Crippen molar-refractivity contribution in [1.82, 2.24) is 4.90 Å². The Morgan fingerprint density at radius 1 is 1.39 bits per heavy atom. The minimum Gasteiger partial charge on any atom is -0.480 e. The van der Waals surface area contributed by atoms with Crippen LogP contribution in [0.3, 0.4) is 0 Å². The fourth-order valence-electron chi connectivity index (χ4n) is 2.34. The third-order valence-electron chi connectivity index (χ3n) is 3.21. The van der Waals surface area contributed by atoms with Crippen LogP contribution >= 0.6 is 0 Å². The van der Waals surface area contributed by atoms with E-state index in [1.54, 1.807) is 12.1 Å². The molecule has 4 heteroatoms. The zero-order valence-electron chi connectivity index (χ0n) is 10.6. The van der Waals surface area contributed by atoms with E-state index in [9.17, 15) is 14.7 Å². The Kier molecular flexibility index (Phi) is 3.36. The Morgan fingerprint density at radius 2 is 2.06 bits per heavy atom. The molecular formula is C14H17NO3. The molecule has 0 aliphatic carbocycles. The number of nitrogens with zero attached hydrogens (tertiary/aromatic N) is 1. The molecule has 1 aliphatic rings. The summed E-state index contributed by atoms with van der Waals surface area (Å²) in [6.45, 7) is 4.33. The van der Waals surface area contributed by atoms with Gasteiger partial charge in [-0.1, -0.05) is 32.0 Å². The lowest BCUT2D eigenvalue weighted by molar-refractivity contribution is -0.143. The number of hydrogen-bond donors (Lipinski definition) is 1. The summed E-state index contributed by atoms with van der Waals surface area (Å²) in [5.74, 6) is -0.855. The zero-order chi connectivity index (χ0) is 13.3. The van der Waals surface area contributed by atoms with Crippen molar-refractivity contribution in [2.24, 2.45) is 5.92 Å². The first-order chi connectivity index (χ1) is 8.50. The molecule has 0 radical (unpaired) electrons. The maximum absolute atomic E-state index is 12.2. The number of rotatable bonds is 4. The van der Waals surface area contributed by atoms with Crippen LogP contribution in [0.25, 0.3) is 0 Å². The van der Waals surface area contributed by atoms with Gasteiger partial charge in [0.05, 0.1) is 0 Å². The molecule has 0 spiro atoms. The lowest BCUT2D eigenvalue weighted by atomic mass is 10.0. The van der Waals surface area contributed by atoms with Crippen molar-refractivity contribution < 1.29 is 14.7 Å². The number of carboxylic acids is 1. The summed E-state index contributed by atoms with van der Waals surface area (Å²) >= 11 is 0. The Balaban J connectivity index is 2.25. The lowest BCUT2D eigenvalue weighted by Crippen LogP contribution is -2.42. The standard InChI is InChI=1S/C14H17NO3/c1-9(2)7-12(14(17)18)15-8-10-5-3-4-6-11(10)13(15)16/h3-6,9,12H,7-8H2,1-2H3,(H,17,18)/t12-/m1/s1. The van der Waals surface area contributed by atoms with E-state index in [1.165, 1.54) is 4.90 Å². The Labute approximate surface area is 106 Å². The molecule has 1 heterocycles. The maximum atomic E-state index is 12.2. The fourth-order valence-corrected chi connectivity index (χ4v) is 2.34. The molecule has 0 aromatic heterocycles. The summed E-state index contributed by atoms with van der Waals surface area (Å²) in [4.78, 5) is 25.0. The molecule has 0 unspecified atom stereocenters. The van der Waals surface area contributed by atoms with Gasteiger partial charge < -0.3 is 10.0 Å². The van der Waals surface area contributed by atoms with Gasteiger partial charge in [-0.2, -0.15) is 0 Å². The van der Waals surface area contributed by atoms with Gasteiger partial charge >= 0.3 is 5.97 Å². The van der Waals surface area contributed by atoms with Crippen molar-refractivity contribution in [2.45, 2.75) is 32.9 Å². The van der Waals surface area contributed by atoms with Gasteiger partial charge in [0, 0.05) is 12.1 Å². The van der Waals surface area contributed by atoms with E-state index in [0.29, 0.717) is 18.5 Å². The SMILES string of the molecule is CC(C)C[C@H](C(=O)O)N1Cc2ccccc2C1=O. The number of carbonyl (C=O) groups excluding carboxylic acids is 1. The van der Waals surface area contributed by atoms with E-state index in [-0.39, 0.29) is 11.8 Å². The van der Waals surface area contributed by atoms with Crippen LogP contribution in [0.4, 0.5) is 0 Å². The maximum Gasteiger partial charge on any atom is 0.326 e. The third kappa shape index (κ3) is 2.23. The summed E-state index contributed by atoms with van der Waals surface area (Å²) in [5, 5.41) is 9.29. The fraction of sp³-hybridized carbons (Fsp3) is 0.429.